The highest BCUT2D eigenvalue weighted by Crippen LogP contribution is 2.23. The second kappa shape index (κ2) is 7.05. The van der Waals surface area contributed by atoms with Crippen LogP contribution in [0.2, 0.25) is 0 Å². The summed E-state index contributed by atoms with van der Waals surface area (Å²) in [4.78, 5) is 6.51. The first-order valence-corrected chi connectivity index (χ1v) is 7.68. The van der Waals surface area contributed by atoms with Crippen LogP contribution >= 0.6 is 0 Å². The van der Waals surface area contributed by atoms with Crippen molar-refractivity contribution in [3.63, 3.8) is 0 Å². The smallest absolute Gasteiger partial charge is 0.123 e. The highest BCUT2D eigenvalue weighted by Gasteiger charge is 2.05. The fraction of sp³-hybridized carbons (Fsp3) is 0.150. The third-order valence-corrected chi connectivity index (χ3v) is 3.92. The highest BCUT2D eigenvalue weighted by atomic mass is 19.1. The van der Waals surface area contributed by atoms with Gasteiger partial charge in [0.1, 0.15) is 5.82 Å². The fourth-order valence-corrected chi connectivity index (χ4v) is 2.51. The molecule has 0 spiro atoms. The summed E-state index contributed by atoms with van der Waals surface area (Å²) in [5.74, 6) is -0.224. The molecule has 0 aliphatic carbocycles. The van der Waals surface area contributed by atoms with Crippen molar-refractivity contribution in [3.05, 3.63) is 84.4 Å². The molecule has 3 heteroatoms. The van der Waals surface area contributed by atoms with Crippen LogP contribution in [-0.4, -0.2) is 18.6 Å². The van der Waals surface area contributed by atoms with E-state index in [-0.39, 0.29) is 5.82 Å². The molecule has 0 amide bonds. The molecular formula is C20H19FN2. The molecule has 0 bridgehead atoms. The third kappa shape index (κ3) is 3.95. The number of likely N-dealkylation sites (N-methyl/N-ethyl adjacent to an activating group) is 1. The number of pyridine rings is 1. The van der Waals surface area contributed by atoms with Gasteiger partial charge in [0.25, 0.3) is 0 Å². The van der Waals surface area contributed by atoms with Crippen LogP contribution in [0, 0.1) is 5.82 Å². The number of halogens is 1. The Hall–Kier alpha value is -2.68. The Balaban J connectivity index is 1.72. The summed E-state index contributed by atoms with van der Waals surface area (Å²) in [6.07, 6.45) is 4.65. The van der Waals surface area contributed by atoms with Gasteiger partial charge in [0.15, 0.2) is 0 Å². The zero-order valence-electron chi connectivity index (χ0n) is 13.1. The highest BCUT2D eigenvalue weighted by molar-refractivity contribution is 5.66. The number of hydrogen-bond donors (Lipinski definition) is 0. The lowest BCUT2D eigenvalue weighted by molar-refractivity contribution is 0.628. The normalized spacial score (nSPS) is 10.5. The van der Waals surface area contributed by atoms with Crippen molar-refractivity contribution >= 4 is 5.69 Å². The number of anilines is 1. The van der Waals surface area contributed by atoms with Crippen molar-refractivity contribution in [2.45, 2.75) is 6.42 Å². The lowest BCUT2D eigenvalue weighted by Gasteiger charge is -2.19. The van der Waals surface area contributed by atoms with Crippen molar-refractivity contribution in [1.82, 2.24) is 4.98 Å². The van der Waals surface area contributed by atoms with Gasteiger partial charge in [-0.15, -0.1) is 0 Å². The van der Waals surface area contributed by atoms with E-state index in [0.717, 1.165) is 29.8 Å². The van der Waals surface area contributed by atoms with E-state index in [9.17, 15) is 4.39 Å². The van der Waals surface area contributed by atoms with Gasteiger partial charge >= 0.3 is 0 Å². The van der Waals surface area contributed by atoms with Gasteiger partial charge in [-0.25, -0.2) is 4.39 Å². The molecule has 0 aliphatic rings. The first-order valence-electron chi connectivity index (χ1n) is 7.68. The summed E-state index contributed by atoms with van der Waals surface area (Å²) in [5, 5.41) is 0. The van der Waals surface area contributed by atoms with Crippen LogP contribution in [0.4, 0.5) is 10.1 Å². The summed E-state index contributed by atoms with van der Waals surface area (Å²) in [6.45, 7) is 0.915. The lowest BCUT2D eigenvalue weighted by atomic mass is 10.1. The van der Waals surface area contributed by atoms with Crippen LogP contribution in [0.3, 0.4) is 0 Å². The van der Waals surface area contributed by atoms with E-state index in [1.807, 2.05) is 18.5 Å². The lowest BCUT2D eigenvalue weighted by Crippen LogP contribution is -2.20. The first kappa shape index (κ1) is 15.2. The van der Waals surface area contributed by atoms with Crippen LogP contribution < -0.4 is 4.90 Å². The maximum Gasteiger partial charge on any atom is 0.123 e. The second-order valence-electron chi connectivity index (χ2n) is 5.60. The Morgan fingerprint density at radius 1 is 0.913 bits per heavy atom. The largest absolute Gasteiger partial charge is 0.373 e. The first-order chi connectivity index (χ1) is 11.2. The van der Waals surface area contributed by atoms with Crippen molar-refractivity contribution in [1.29, 1.82) is 0 Å². The van der Waals surface area contributed by atoms with Gasteiger partial charge < -0.3 is 4.90 Å². The molecule has 0 fully saturated rings. The van der Waals surface area contributed by atoms with Crippen LogP contribution in [0.1, 0.15) is 5.56 Å². The molecule has 3 rings (SSSR count). The minimum Gasteiger partial charge on any atom is -0.373 e. The van der Waals surface area contributed by atoms with E-state index in [4.69, 9.17) is 0 Å². The average molecular weight is 306 g/mol. The minimum absolute atomic E-state index is 0.224. The van der Waals surface area contributed by atoms with Crippen molar-refractivity contribution in [2.75, 3.05) is 18.5 Å². The molecule has 2 nitrogen and oxygen atoms in total. The van der Waals surface area contributed by atoms with E-state index in [1.165, 1.54) is 17.7 Å². The molecule has 0 saturated heterocycles. The van der Waals surface area contributed by atoms with Crippen LogP contribution in [0.5, 0.6) is 0 Å². The van der Waals surface area contributed by atoms with Gasteiger partial charge in [0.2, 0.25) is 0 Å². The van der Waals surface area contributed by atoms with Gasteiger partial charge in [-0.3, -0.25) is 4.98 Å². The molecule has 1 heterocycles. The van der Waals surface area contributed by atoms with Gasteiger partial charge in [-0.2, -0.15) is 0 Å². The molecule has 0 radical (unpaired) electrons. The molecule has 0 N–H and O–H groups in total. The molecule has 1 aromatic heterocycles. The zero-order valence-corrected chi connectivity index (χ0v) is 13.1. The van der Waals surface area contributed by atoms with E-state index >= 15 is 0 Å². The minimum atomic E-state index is -0.224. The Morgan fingerprint density at radius 3 is 2.39 bits per heavy atom. The fourth-order valence-electron chi connectivity index (χ4n) is 2.51. The van der Waals surface area contributed by atoms with Crippen molar-refractivity contribution < 1.29 is 4.39 Å². The molecule has 3 aromatic rings. The predicted molar refractivity (Wildman–Crippen MR) is 93.0 cm³/mol. The summed E-state index contributed by atoms with van der Waals surface area (Å²) in [5.41, 5.74) is 4.34. The zero-order chi connectivity index (χ0) is 16.1. The Bertz CT molecular complexity index is 754. The Kier molecular flexibility index (Phi) is 4.67. The summed E-state index contributed by atoms with van der Waals surface area (Å²) in [7, 11) is 2.06. The van der Waals surface area contributed by atoms with Crippen LogP contribution in [0.25, 0.3) is 11.1 Å². The Labute approximate surface area is 136 Å². The van der Waals surface area contributed by atoms with Crippen molar-refractivity contribution in [2.24, 2.45) is 0 Å². The summed E-state index contributed by atoms with van der Waals surface area (Å²) < 4.78 is 13.0. The molecule has 0 saturated carbocycles. The quantitative estimate of drug-likeness (QED) is 0.686. The monoisotopic (exact) mass is 306 g/mol. The second-order valence-corrected chi connectivity index (χ2v) is 5.60. The SMILES string of the molecule is CN(CCc1ccccc1)c1cncc(-c2ccc(F)cc2)c1. The molecule has 0 atom stereocenters. The maximum atomic E-state index is 13.0. The van der Waals surface area contributed by atoms with Crippen molar-refractivity contribution in [3.8, 4) is 11.1 Å². The number of rotatable bonds is 5. The van der Waals surface area contributed by atoms with E-state index in [0.29, 0.717) is 0 Å². The molecule has 116 valence electrons. The van der Waals surface area contributed by atoms with Gasteiger partial charge in [0.05, 0.1) is 11.9 Å². The number of hydrogen-bond acceptors (Lipinski definition) is 2. The number of aromatic nitrogens is 1. The molecule has 0 aliphatic heterocycles. The van der Waals surface area contributed by atoms with Crippen LogP contribution in [0.15, 0.2) is 73.1 Å². The number of benzene rings is 2. The molecule has 23 heavy (non-hydrogen) atoms. The number of nitrogens with zero attached hydrogens (tertiary/aromatic N) is 2. The molecular weight excluding hydrogens is 287 g/mol. The van der Waals surface area contributed by atoms with Crippen LogP contribution in [-0.2, 0) is 6.42 Å². The molecule has 0 unspecified atom stereocenters. The third-order valence-electron chi connectivity index (χ3n) is 3.92. The van der Waals surface area contributed by atoms with E-state index < -0.39 is 0 Å². The average Bonchev–Trinajstić information content (AvgIpc) is 2.61. The summed E-state index contributed by atoms with van der Waals surface area (Å²) >= 11 is 0. The standard InChI is InChI=1S/C20H19FN2/c1-23(12-11-16-5-3-2-4-6-16)20-13-18(14-22-15-20)17-7-9-19(21)10-8-17/h2-10,13-15H,11-12H2,1H3. The predicted octanol–water partition coefficient (Wildman–Crippen LogP) is 4.57. The van der Waals surface area contributed by atoms with Gasteiger partial charge in [-0.05, 0) is 35.7 Å². The van der Waals surface area contributed by atoms with Gasteiger partial charge in [-0.1, -0.05) is 42.5 Å². The Morgan fingerprint density at radius 2 is 1.65 bits per heavy atom. The van der Waals surface area contributed by atoms with Gasteiger partial charge in [0, 0.05) is 25.4 Å². The maximum absolute atomic E-state index is 13.0. The topological polar surface area (TPSA) is 16.1 Å². The van der Waals surface area contributed by atoms with E-state index in [2.05, 4.69) is 47.3 Å². The molecule has 2 aromatic carbocycles. The summed E-state index contributed by atoms with van der Waals surface area (Å²) in [6, 6.07) is 19.0. The van der Waals surface area contributed by atoms with E-state index in [1.54, 1.807) is 12.1 Å².